The lowest BCUT2D eigenvalue weighted by Gasteiger charge is -2.13. The molecule has 0 saturated carbocycles. The zero-order valence-electron chi connectivity index (χ0n) is 17.1. The molecule has 4 rings (SSSR count). The lowest BCUT2D eigenvalue weighted by Crippen LogP contribution is -2.21. The second-order valence-electron chi connectivity index (χ2n) is 7.66. The molecule has 0 aliphatic carbocycles. The fourth-order valence-corrected chi connectivity index (χ4v) is 4.04. The van der Waals surface area contributed by atoms with Gasteiger partial charge in [-0.1, -0.05) is 85.8 Å². The van der Waals surface area contributed by atoms with Gasteiger partial charge in [-0.15, -0.1) is 0 Å². The van der Waals surface area contributed by atoms with Crippen LogP contribution < -0.4 is 5.32 Å². The standard InChI is InChI=1S/C26H26N2O2/c1-19(21-12-6-3-7-13-21)16-27-17-23-22-14-8-9-15-24(22)28(25(23)26(29)30)18-20-10-4-2-5-11-20/h2-15,19,27H,16-18H2,1H3,(H,29,30)/t19-/m1/s1. The molecule has 0 bridgehead atoms. The summed E-state index contributed by atoms with van der Waals surface area (Å²) in [4.78, 5) is 12.3. The molecule has 0 spiro atoms. The van der Waals surface area contributed by atoms with E-state index >= 15 is 0 Å². The molecule has 0 unspecified atom stereocenters. The Morgan fingerprint density at radius 2 is 1.57 bits per heavy atom. The van der Waals surface area contributed by atoms with Crippen molar-refractivity contribution in [3.05, 3.63) is 107 Å². The number of benzene rings is 3. The van der Waals surface area contributed by atoms with Crippen molar-refractivity contribution in [2.45, 2.75) is 25.9 Å². The predicted molar refractivity (Wildman–Crippen MR) is 121 cm³/mol. The maximum atomic E-state index is 12.3. The molecular formula is C26H26N2O2. The highest BCUT2D eigenvalue weighted by Gasteiger charge is 2.22. The lowest BCUT2D eigenvalue weighted by atomic mass is 10.0. The summed E-state index contributed by atoms with van der Waals surface area (Å²) < 4.78 is 1.92. The van der Waals surface area contributed by atoms with Crippen molar-refractivity contribution in [2.75, 3.05) is 6.54 Å². The minimum absolute atomic E-state index is 0.345. The fourth-order valence-electron chi connectivity index (χ4n) is 4.04. The molecule has 0 amide bonds. The van der Waals surface area contributed by atoms with E-state index in [4.69, 9.17) is 0 Å². The highest BCUT2D eigenvalue weighted by Crippen LogP contribution is 2.28. The minimum atomic E-state index is -0.893. The topological polar surface area (TPSA) is 54.3 Å². The van der Waals surface area contributed by atoms with Crippen LogP contribution in [0.4, 0.5) is 0 Å². The van der Waals surface area contributed by atoms with Crippen LogP contribution in [-0.2, 0) is 13.1 Å². The summed E-state index contributed by atoms with van der Waals surface area (Å²) in [6, 6.07) is 28.3. The number of aromatic nitrogens is 1. The van der Waals surface area contributed by atoms with Gasteiger partial charge in [0, 0.05) is 36.1 Å². The average Bonchev–Trinajstić information content (AvgIpc) is 3.09. The van der Waals surface area contributed by atoms with Crippen LogP contribution in [0.2, 0.25) is 0 Å². The van der Waals surface area contributed by atoms with Crippen LogP contribution in [0, 0.1) is 0 Å². The Bertz CT molecular complexity index is 1130. The Hall–Kier alpha value is -3.37. The van der Waals surface area contributed by atoms with Gasteiger partial charge in [0.1, 0.15) is 5.69 Å². The molecular weight excluding hydrogens is 372 g/mol. The van der Waals surface area contributed by atoms with Crippen molar-refractivity contribution in [3.8, 4) is 0 Å². The van der Waals surface area contributed by atoms with Gasteiger partial charge in [-0.2, -0.15) is 0 Å². The van der Waals surface area contributed by atoms with Crippen molar-refractivity contribution < 1.29 is 9.90 Å². The number of aromatic carboxylic acids is 1. The summed E-state index contributed by atoms with van der Waals surface area (Å²) >= 11 is 0. The third-order valence-corrected chi connectivity index (χ3v) is 5.58. The first kappa shape index (κ1) is 19.9. The van der Waals surface area contributed by atoms with Gasteiger partial charge < -0.3 is 15.0 Å². The van der Waals surface area contributed by atoms with Gasteiger partial charge in [0.15, 0.2) is 0 Å². The minimum Gasteiger partial charge on any atom is -0.477 e. The molecule has 0 aliphatic rings. The van der Waals surface area contributed by atoms with Gasteiger partial charge in [0.25, 0.3) is 0 Å². The number of rotatable bonds is 8. The van der Waals surface area contributed by atoms with E-state index < -0.39 is 5.97 Å². The molecule has 0 radical (unpaired) electrons. The number of nitrogens with one attached hydrogen (secondary N) is 1. The molecule has 0 saturated heterocycles. The Morgan fingerprint density at radius 1 is 0.933 bits per heavy atom. The van der Waals surface area contributed by atoms with Crippen LogP contribution in [0.3, 0.4) is 0 Å². The van der Waals surface area contributed by atoms with Crippen LogP contribution in [0.1, 0.15) is 40.0 Å². The Morgan fingerprint density at radius 3 is 2.27 bits per heavy atom. The number of carbonyl (C=O) groups is 1. The first-order chi connectivity index (χ1) is 14.6. The first-order valence-electron chi connectivity index (χ1n) is 10.3. The summed E-state index contributed by atoms with van der Waals surface area (Å²) in [5.74, 6) is -0.549. The van der Waals surface area contributed by atoms with Crippen LogP contribution in [-0.4, -0.2) is 22.2 Å². The summed E-state index contributed by atoms with van der Waals surface area (Å²) in [6.45, 7) is 4.00. The van der Waals surface area contributed by atoms with Gasteiger partial charge in [-0.05, 0) is 23.1 Å². The Kier molecular flexibility index (Phi) is 5.96. The number of hydrogen-bond donors (Lipinski definition) is 2. The molecule has 152 valence electrons. The van der Waals surface area contributed by atoms with Crippen LogP contribution in [0.25, 0.3) is 10.9 Å². The van der Waals surface area contributed by atoms with Crippen molar-refractivity contribution in [2.24, 2.45) is 0 Å². The second-order valence-corrected chi connectivity index (χ2v) is 7.66. The van der Waals surface area contributed by atoms with Gasteiger partial charge in [0.2, 0.25) is 0 Å². The van der Waals surface area contributed by atoms with Gasteiger partial charge in [-0.3, -0.25) is 0 Å². The van der Waals surface area contributed by atoms with E-state index in [0.29, 0.717) is 24.7 Å². The second kappa shape index (κ2) is 8.97. The van der Waals surface area contributed by atoms with Crippen molar-refractivity contribution in [1.82, 2.24) is 9.88 Å². The monoisotopic (exact) mass is 398 g/mol. The molecule has 1 aromatic heterocycles. The Balaban J connectivity index is 1.64. The van der Waals surface area contributed by atoms with Crippen molar-refractivity contribution >= 4 is 16.9 Å². The highest BCUT2D eigenvalue weighted by atomic mass is 16.4. The average molecular weight is 399 g/mol. The molecule has 4 heteroatoms. The lowest BCUT2D eigenvalue weighted by molar-refractivity contribution is 0.0685. The summed E-state index contributed by atoms with van der Waals surface area (Å²) in [5.41, 5.74) is 4.51. The summed E-state index contributed by atoms with van der Waals surface area (Å²) in [6.07, 6.45) is 0. The van der Waals surface area contributed by atoms with Crippen LogP contribution in [0.5, 0.6) is 0 Å². The number of hydrogen-bond acceptors (Lipinski definition) is 2. The molecule has 2 N–H and O–H groups in total. The molecule has 4 aromatic rings. The quantitative estimate of drug-likeness (QED) is 0.424. The number of carboxylic acid groups (broad SMARTS) is 1. The van der Waals surface area contributed by atoms with E-state index in [-0.39, 0.29) is 0 Å². The Labute approximate surface area is 176 Å². The number of para-hydroxylation sites is 1. The predicted octanol–water partition coefficient (Wildman–Crippen LogP) is 5.28. The maximum absolute atomic E-state index is 12.3. The van der Waals surface area contributed by atoms with Gasteiger partial charge >= 0.3 is 5.97 Å². The van der Waals surface area contributed by atoms with Gasteiger partial charge in [0.05, 0.1) is 0 Å². The zero-order chi connectivity index (χ0) is 20.9. The summed E-state index contributed by atoms with van der Waals surface area (Å²) in [5, 5.41) is 14.5. The van der Waals surface area contributed by atoms with Crippen molar-refractivity contribution in [1.29, 1.82) is 0 Å². The van der Waals surface area contributed by atoms with E-state index in [0.717, 1.165) is 28.6 Å². The molecule has 0 aliphatic heterocycles. The first-order valence-corrected chi connectivity index (χ1v) is 10.3. The molecule has 3 aromatic carbocycles. The van der Waals surface area contributed by atoms with Crippen molar-refractivity contribution in [3.63, 3.8) is 0 Å². The molecule has 0 fully saturated rings. The number of nitrogens with zero attached hydrogens (tertiary/aromatic N) is 1. The molecule has 1 atom stereocenters. The summed E-state index contributed by atoms with van der Waals surface area (Å²) in [7, 11) is 0. The largest absolute Gasteiger partial charge is 0.477 e. The molecule has 1 heterocycles. The maximum Gasteiger partial charge on any atom is 0.352 e. The third-order valence-electron chi connectivity index (χ3n) is 5.58. The highest BCUT2D eigenvalue weighted by molar-refractivity contribution is 5.98. The number of carboxylic acids is 1. The fraction of sp³-hybridized carbons (Fsp3) is 0.192. The third kappa shape index (κ3) is 4.14. The molecule has 30 heavy (non-hydrogen) atoms. The van der Waals surface area contributed by atoms with Gasteiger partial charge in [-0.25, -0.2) is 4.79 Å². The van der Waals surface area contributed by atoms with E-state index in [1.165, 1.54) is 5.56 Å². The van der Waals surface area contributed by atoms with E-state index in [1.54, 1.807) is 0 Å². The van der Waals surface area contributed by atoms with E-state index in [9.17, 15) is 9.90 Å². The zero-order valence-corrected chi connectivity index (χ0v) is 17.1. The smallest absolute Gasteiger partial charge is 0.352 e. The van der Waals surface area contributed by atoms with Crippen LogP contribution in [0.15, 0.2) is 84.9 Å². The normalized spacial score (nSPS) is 12.2. The van der Waals surface area contributed by atoms with E-state index in [2.05, 4.69) is 24.4 Å². The number of fused-ring (bicyclic) bond motifs is 1. The SMILES string of the molecule is C[C@H](CNCc1c(C(=O)O)n(Cc2ccccc2)c2ccccc12)c1ccccc1. The van der Waals surface area contributed by atoms with E-state index in [1.807, 2.05) is 77.4 Å². The molecule has 4 nitrogen and oxygen atoms in total. The van der Waals surface area contributed by atoms with Crippen LogP contribution >= 0.6 is 0 Å².